The smallest absolute Gasteiger partial charge is 0.374 e. The first-order valence-electron chi connectivity index (χ1n) is 9.49. The van der Waals surface area contributed by atoms with Crippen LogP contribution in [0, 0.1) is 0 Å². The lowest BCUT2D eigenvalue weighted by molar-refractivity contribution is -0.146. The van der Waals surface area contributed by atoms with Gasteiger partial charge in [-0.05, 0) is 51.9 Å². The van der Waals surface area contributed by atoms with Gasteiger partial charge in [-0.2, -0.15) is 0 Å². The van der Waals surface area contributed by atoms with Crippen molar-refractivity contribution in [1.29, 1.82) is 0 Å². The van der Waals surface area contributed by atoms with Gasteiger partial charge >= 0.3 is 12.1 Å². The fourth-order valence-electron chi connectivity index (χ4n) is 3.78. The van der Waals surface area contributed by atoms with Gasteiger partial charge in [0.25, 0.3) is 0 Å². The first kappa shape index (κ1) is 18.6. The number of hydrogen-bond acceptors (Lipinski definition) is 7. The molecule has 0 saturated carbocycles. The minimum atomic E-state index is -0.593. The molecule has 2 N–H and O–H groups in total. The molecule has 3 heterocycles. The topological polar surface area (TPSA) is 83.1 Å². The molecule has 25 heavy (non-hydrogen) atoms. The number of nitrogens with zero attached hydrogens (tertiary/aromatic N) is 2. The summed E-state index contributed by atoms with van der Waals surface area (Å²) in [5, 5.41) is 6.61. The Morgan fingerprint density at radius 2 is 1.48 bits per heavy atom. The van der Waals surface area contributed by atoms with Crippen molar-refractivity contribution >= 4 is 12.1 Å². The highest BCUT2D eigenvalue weighted by Gasteiger charge is 2.28. The molecule has 142 valence electrons. The molecule has 0 bridgehead atoms. The molecule has 3 fully saturated rings. The minimum absolute atomic E-state index is 0.0810. The molecule has 0 aliphatic carbocycles. The molecule has 3 saturated heterocycles. The second-order valence-electron chi connectivity index (χ2n) is 7.00. The molecule has 0 aromatic heterocycles. The molecule has 0 unspecified atom stereocenters. The van der Waals surface area contributed by atoms with E-state index in [4.69, 9.17) is 9.47 Å². The number of amides is 1. The summed E-state index contributed by atoms with van der Waals surface area (Å²) in [5.74, 6) is -0.593. The Morgan fingerprint density at radius 1 is 0.880 bits per heavy atom. The van der Waals surface area contributed by atoms with E-state index in [0.29, 0.717) is 19.1 Å². The molecule has 8 heteroatoms. The maximum absolute atomic E-state index is 12.1. The molecule has 0 atom stereocenters. The number of piperazine rings is 1. The van der Waals surface area contributed by atoms with E-state index in [1.807, 2.05) is 0 Å². The largest absolute Gasteiger partial charge is 0.417 e. The van der Waals surface area contributed by atoms with Crippen LogP contribution in [0.3, 0.4) is 0 Å². The van der Waals surface area contributed by atoms with Crippen LogP contribution in [0.4, 0.5) is 4.79 Å². The van der Waals surface area contributed by atoms with Gasteiger partial charge in [0.05, 0.1) is 6.10 Å². The fourth-order valence-corrected chi connectivity index (χ4v) is 3.78. The first-order valence-corrected chi connectivity index (χ1v) is 9.49. The number of carbonyl (C=O) groups excluding carboxylic acids is 2. The Kier molecular flexibility index (Phi) is 7.03. The Labute approximate surface area is 149 Å². The molecule has 0 spiro atoms. The van der Waals surface area contributed by atoms with Crippen molar-refractivity contribution in [1.82, 2.24) is 20.4 Å². The average Bonchev–Trinajstić information content (AvgIpc) is 2.68. The third-order valence-electron chi connectivity index (χ3n) is 5.32. The van der Waals surface area contributed by atoms with Crippen molar-refractivity contribution < 1.29 is 19.1 Å². The van der Waals surface area contributed by atoms with Crippen LogP contribution in [0.1, 0.15) is 25.7 Å². The number of nitrogens with one attached hydrogen (secondary N) is 2. The van der Waals surface area contributed by atoms with E-state index in [2.05, 4.69) is 15.5 Å². The van der Waals surface area contributed by atoms with Gasteiger partial charge in [0.15, 0.2) is 0 Å². The number of hydrogen-bond donors (Lipinski definition) is 2. The Morgan fingerprint density at radius 3 is 2.12 bits per heavy atom. The number of rotatable bonds is 4. The number of esters is 1. The summed E-state index contributed by atoms with van der Waals surface area (Å²) < 4.78 is 10.5. The van der Waals surface area contributed by atoms with Crippen LogP contribution >= 0.6 is 0 Å². The highest BCUT2D eigenvalue weighted by atomic mass is 16.6. The Hall–Kier alpha value is -1.22. The molecule has 0 aromatic rings. The van der Waals surface area contributed by atoms with Crippen LogP contribution in [0.5, 0.6) is 0 Å². The Bertz CT molecular complexity index is 442. The molecular weight excluding hydrogens is 324 g/mol. The lowest BCUT2D eigenvalue weighted by Gasteiger charge is -2.40. The van der Waals surface area contributed by atoms with Crippen molar-refractivity contribution in [2.24, 2.45) is 0 Å². The lowest BCUT2D eigenvalue weighted by atomic mass is 10.0. The van der Waals surface area contributed by atoms with Gasteiger partial charge in [-0.25, -0.2) is 9.59 Å². The van der Waals surface area contributed by atoms with E-state index in [9.17, 15) is 9.59 Å². The van der Waals surface area contributed by atoms with Gasteiger partial charge < -0.3 is 25.0 Å². The minimum Gasteiger partial charge on any atom is -0.374 e. The average molecular weight is 354 g/mol. The summed E-state index contributed by atoms with van der Waals surface area (Å²) >= 11 is 0. The maximum atomic E-state index is 12.1. The first-order chi connectivity index (χ1) is 12.2. The van der Waals surface area contributed by atoms with Gasteiger partial charge in [0.1, 0.15) is 6.61 Å². The van der Waals surface area contributed by atoms with Crippen molar-refractivity contribution in [3.63, 3.8) is 0 Å². The number of ether oxygens (including phenoxy) is 2. The third kappa shape index (κ3) is 5.64. The van der Waals surface area contributed by atoms with Crippen LogP contribution in [-0.4, -0.2) is 93.0 Å². The molecule has 8 nitrogen and oxygen atoms in total. The fraction of sp³-hybridized carbons (Fsp3) is 0.882. The second-order valence-corrected chi connectivity index (χ2v) is 7.00. The summed E-state index contributed by atoms with van der Waals surface area (Å²) in [6.45, 7) is 6.72. The van der Waals surface area contributed by atoms with Crippen LogP contribution in [0.15, 0.2) is 0 Å². The standard InChI is InChI=1S/C17H30N4O4/c22-16(13-24-15-3-7-19-8-4-15)25-17(23)21-11-9-20(10-12-21)14-1-5-18-6-2-14/h14-15,18-19H,1-13H2. The van der Waals surface area contributed by atoms with Gasteiger partial charge in [-0.3, -0.25) is 4.90 Å². The molecule has 3 aliphatic rings. The summed E-state index contributed by atoms with van der Waals surface area (Å²) in [6.07, 6.45) is 3.65. The van der Waals surface area contributed by atoms with Crippen LogP contribution in [0.2, 0.25) is 0 Å². The zero-order valence-electron chi connectivity index (χ0n) is 14.9. The van der Waals surface area contributed by atoms with Gasteiger partial charge in [0, 0.05) is 32.2 Å². The van der Waals surface area contributed by atoms with E-state index < -0.39 is 12.1 Å². The molecular formula is C17H30N4O4. The van der Waals surface area contributed by atoms with Crippen molar-refractivity contribution in [2.75, 3.05) is 59.0 Å². The molecule has 1 amide bonds. The second kappa shape index (κ2) is 9.47. The summed E-state index contributed by atoms with van der Waals surface area (Å²) in [6, 6.07) is 0.611. The zero-order valence-corrected chi connectivity index (χ0v) is 14.9. The number of piperidine rings is 2. The van der Waals surface area contributed by atoms with E-state index in [1.54, 1.807) is 4.90 Å². The molecule has 0 radical (unpaired) electrons. The maximum Gasteiger partial charge on any atom is 0.417 e. The van der Waals surface area contributed by atoms with E-state index in [0.717, 1.165) is 65.0 Å². The highest BCUT2D eigenvalue weighted by molar-refractivity contribution is 5.85. The monoisotopic (exact) mass is 354 g/mol. The van der Waals surface area contributed by atoms with Gasteiger partial charge in [-0.1, -0.05) is 0 Å². The summed E-state index contributed by atoms with van der Waals surface area (Å²) in [7, 11) is 0. The van der Waals surface area contributed by atoms with Crippen molar-refractivity contribution in [3.8, 4) is 0 Å². The van der Waals surface area contributed by atoms with Gasteiger partial charge in [0.2, 0.25) is 0 Å². The predicted octanol–water partition coefficient (Wildman–Crippen LogP) is -0.212. The van der Waals surface area contributed by atoms with Crippen molar-refractivity contribution in [2.45, 2.75) is 37.8 Å². The van der Waals surface area contributed by atoms with Crippen LogP contribution < -0.4 is 10.6 Å². The normalized spacial score (nSPS) is 24.2. The van der Waals surface area contributed by atoms with Crippen molar-refractivity contribution in [3.05, 3.63) is 0 Å². The molecule has 0 aromatic carbocycles. The van der Waals surface area contributed by atoms with Crippen LogP contribution in [-0.2, 0) is 14.3 Å². The van der Waals surface area contributed by atoms with Gasteiger partial charge in [-0.15, -0.1) is 0 Å². The lowest BCUT2D eigenvalue weighted by Crippen LogP contribution is -2.54. The van der Waals surface area contributed by atoms with E-state index in [-0.39, 0.29) is 12.7 Å². The van der Waals surface area contributed by atoms with Crippen LogP contribution in [0.25, 0.3) is 0 Å². The quantitative estimate of drug-likeness (QED) is 0.534. The molecule has 3 rings (SSSR count). The summed E-state index contributed by atoms with van der Waals surface area (Å²) in [5.41, 5.74) is 0. The predicted molar refractivity (Wildman–Crippen MR) is 92.4 cm³/mol. The summed E-state index contributed by atoms with van der Waals surface area (Å²) in [4.78, 5) is 28.0. The SMILES string of the molecule is O=C(COC1CCNCC1)OC(=O)N1CCN(C2CCNCC2)CC1. The molecule has 3 aliphatic heterocycles. The number of carbonyl (C=O) groups is 2. The zero-order chi connectivity index (χ0) is 17.5. The highest BCUT2D eigenvalue weighted by Crippen LogP contribution is 2.15. The van der Waals surface area contributed by atoms with E-state index >= 15 is 0 Å². The van der Waals surface area contributed by atoms with E-state index in [1.165, 1.54) is 0 Å². The Balaban J connectivity index is 1.33. The third-order valence-corrected chi connectivity index (χ3v) is 5.32.